The molecule has 0 amide bonds. The predicted molar refractivity (Wildman–Crippen MR) is 87.0 cm³/mol. The number of benzene rings is 2. The van der Waals surface area contributed by atoms with Crippen LogP contribution in [0.25, 0.3) is 11.1 Å². The van der Waals surface area contributed by atoms with E-state index >= 15 is 0 Å². The zero-order chi connectivity index (χ0) is 15.5. The minimum absolute atomic E-state index is 0.464. The zero-order valence-electron chi connectivity index (χ0n) is 13.0. The van der Waals surface area contributed by atoms with E-state index in [2.05, 4.69) is 0 Å². The molecular weight excluding hydrogens is 262 g/mol. The molecular formula is C18H21NO2. The van der Waals surface area contributed by atoms with Gasteiger partial charge in [0.05, 0.1) is 7.11 Å². The summed E-state index contributed by atoms with van der Waals surface area (Å²) in [6, 6.07) is 15.7. The Balaban J connectivity index is 2.57. The predicted octanol–water partition coefficient (Wildman–Crippen LogP) is 4.09. The summed E-state index contributed by atoms with van der Waals surface area (Å²) < 4.78 is 6.41. The number of hydroxylamine groups is 1. The number of methoxy groups -OCH3 is 1. The summed E-state index contributed by atoms with van der Waals surface area (Å²) in [6.07, 6.45) is 1.64. The van der Waals surface area contributed by atoms with E-state index in [-0.39, 0.29) is 0 Å². The van der Waals surface area contributed by atoms with Gasteiger partial charge in [-0.2, -0.15) is 0 Å². The standard InChI is InChI=1S/C18H21NO2/c1-18(2,3)19(20)13-14-9-5-6-10-15(14)16-11-7-8-12-17(16)21-4/h5-13H,1-4H3/b19-13-. The molecule has 0 N–H and O–H groups in total. The third kappa shape index (κ3) is 3.43. The lowest BCUT2D eigenvalue weighted by Crippen LogP contribution is -2.29. The monoisotopic (exact) mass is 283 g/mol. The summed E-state index contributed by atoms with van der Waals surface area (Å²) in [7, 11) is 1.65. The van der Waals surface area contributed by atoms with Gasteiger partial charge in [0, 0.05) is 31.9 Å². The second-order valence-electron chi connectivity index (χ2n) is 5.91. The van der Waals surface area contributed by atoms with E-state index in [1.807, 2.05) is 69.3 Å². The molecule has 3 nitrogen and oxygen atoms in total. The van der Waals surface area contributed by atoms with Crippen LogP contribution in [0, 0.1) is 5.21 Å². The number of hydrogen-bond donors (Lipinski definition) is 0. The number of hydrogen-bond acceptors (Lipinski definition) is 2. The Morgan fingerprint density at radius 3 is 2.14 bits per heavy atom. The van der Waals surface area contributed by atoms with Crippen LogP contribution in [0.1, 0.15) is 26.3 Å². The van der Waals surface area contributed by atoms with Crippen LogP contribution in [0.3, 0.4) is 0 Å². The van der Waals surface area contributed by atoms with Crippen molar-refractivity contribution in [3.63, 3.8) is 0 Å². The van der Waals surface area contributed by atoms with Gasteiger partial charge in [0.1, 0.15) is 5.75 Å². The average Bonchev–Trinajstić information content (AvgIpc) is 2.47. The van der Waals surface area contributed by atoms with Crippen molar-refractivity contribution in [2.24, 2.45) is 0 Å². The van der Waals surface area contributed by atoms with E-state index in [4.69, 9.17) is 4.74 Å². The highest BCUT2D eigenvalue weighted by Gasteiger charge is 2.19. The van der Waals surface area contributed by atoms with Gasteiger partial charge in [-0.25, -0.2) is 4.74 Å². The van der Waals surface area contributed by atoms with Crippen LogP contribution in [0.2, 0.25) is 0 Å². The Hall–Kier alpha value is -2.29. The fourth-order valence-corrected chi connectivity index (χ4v) is 2.04. The van der Waals surface area contributed by atoms with Crippen LogP contribution in [0.5, 0.6) is 5.75 Å². The summed E-state index contributed by atoms with van der Waals surface area (Å²) in [5.41, 5.74) is 2.38. The quantitative estimate of drug-likeness (QED) is 0.368. The molecule has 0 radical (unpaired) electrons. The number of ether oxygens (including phenoxy) is 1. The molecule has 3 heteroatoms. The second-order valence-corrected chi connectivity index (χ2v) is 5.91. The highest BCUT2D eigenvalue weighted by molar-refractivity contribution is 5.89. The molecule has 110 valence electrons. The molecule has 0 aromatic heterocycles. The van der Waals surface area contributed by atoms with Crippen molar-refractivity contribution in [3.05, 3.63) is 59.3 Å². The maximum atomic E-state index is 12.2. The molecule has 2 aromatic carbocycles. The fraction of sp³-hybridized carbons (Fsp3) is 0.278. The molecule has 0 atom stereocenters. The Morgan fingerprint density at radius 2 is 1.52 bits per heavy atom. The van der Waals surface area contributed by atoms with E-state index in [0.29, 0.717) is 0 Å². The smallest absolute Gasteiger partial charge is 0.182 e. The van der Waals surface area contributed by atoms with Gasteiger partial charge in [-0.15, -0.1) is 0 Å². The SMILES string of the molecule is COc1ccccc1-c1ccccc1/C=[N+](\[O-])C(C)(C)C. The van der Waals surface area contributed by atoms with Crippen LogP contribution in [-0.4, -0.2) is 23.6 Å². The van der Waals surface area contributed by atoms with Gasteiger partial charge < -0.3 is 9.94 Å². The third-order valence-electron chi connectivity index (χ3n) is 3.28. The average molecular weight is 283 g/mol. The largest absolute Gasteiger partial charge is 0.623 e. The molecule has 21 heavy (non-hydrogen) atoms. The summed E-state index contributed by atoms with van der Waals surface area (Å²) in [5.74, 6) is 0.798. The van der Waals surface area contributed by atoms with E-state index in [0.717, 1.165) is 27.2 Å². The van der Waals surface area contributed by atoms with Gasteiger partial charge in [-0.1, -0.05) is 36.4 Å². The van der Waals surface area contributed by atoms with Gasteiger partial charge in [0.2, 0.25) is 0 Å². The summed E-state index contributed by atoms with van der Waals surface area (Å²) >= 11 is 0. The molecule has 2 aromatic rings. The number of nitrogens with zero attached hydrogens (tertiary/aromatic N) is 1. The van der Waals surface area contributed by atoms with Crippen molar-refractivity contribution in [1.29, 1.82) is 0 Å². The Kier molecular flexibility index (Phi) is 4.32. The lowest BCUT2D eigenvalue weighted by molar-refractivity contribution is -0.530. The van der Waals surface area contributed by atoms with Gasteiger partial charge in [0.15, 0.2) is 11.8 Å². The Bertz CT molecular complexity index is 654. The maximum Gasteiger partial charge on any atom is 0.182 e. The van der Waals surface area contributed by atoms with Crippen LogP contribution in [0.15, 0.2) is 48.5 Å². The van der Waals surface area contributed by atoms with Crippen molar-refractivity contribution in [2.75, 3.05) is 7.11 Å². The minimum Gasteiger partial charge on any atom is -0.623 e. The van der Waals surface area contributed by atoms with E-state index in [1.165, 1.54) is 0 Å². The normalized spacial score (nSPS) is 12.3. The molecule has 0 heterocycles. The van der Waals surface area contributed by atoms with Crippen LogP contribution in [-0.2, 0) is 0 Å². The van der Waals surface area contributed by atoms with Crippen LogP contribution in [0.4, 0.5) is 0 Å². The number of rotatable bonds is 3. The molecule has 0 aliphatic heterocycles. The first kappa shape index (κ1) is 15.1. The van der Waals surface area contributed by atoms with Crippen LogP contribution >= 0.6 is 0 Å². The number of para-hydroxylation sites is 1. The van der Waals surface area contributed by atoms with Crippen molar-refractivity contribution < 1.29 is 9.48 Å². The molecule has 0 aliphatic rings. The topological polar surface area (TPSA) is 35.3 Å². The molecule has 0 aliphatic carbocycles. The van der Waals surface area contributed by atoms with Gasteiger partial charge in [0.25, 0.3) is 0 Å². The lowest BCUT2D eigenvalue weighted by atomic mass is 9.99. The first-order valence-corrected chi connectivity index (χ1v) is 6.97. The molecule has 2 rings (SSSR count). The highest BCUT2D eigenvalue weighted by atomic mass is 16.5. The summed E-state index contributed by atoms with van der Waals surface area (Å²) in [6.45, 7) is 5.67. The molecule has 0 bridgehead atoms. The summed E-state index contributed by atoms with van der Waals surface area (Å²) in [5, 5.41) is 12.2. The molecule has 0 saturated carbocycles. The van der Waals surface area contributed by atoms with Crippen molar-refractivity contribution in [3.8, 4) is 16.9 Å². The maximum absolute atomic E-state index is 12.2. The molecule has 0 spiro atoms. The van der Waals surface area contributed by atoms with Crippen molar-refractivity contribution in [2.45, 2.75) is 26.3 Å². The Morgan fingerprint density at radius 1 is 0.952 bits per heavy atom. The first-order chi connectivity index (χ1) is 9.93. The van der Waals surface area contributed by atoms with Crippen molar-refractivity contribution in [1.82, 2.24) is 0 Å². The van der Waals surface area contributed by atoms with E-state index in [9.17, 15) is 5.21 Å². The van der Waals surface area contributed by atoms with E-state index < -0.39 is 5.54 Å². The van der Waals surface area contributed by atoms with Gasteiger partial charge in [-0.05, 0) is 17.7 Å². The van der Waals surface area contributed by atoms with Crippen molar-refractivity contribution >= 4 is 6.21 Å². The zero-order valence-corrected chi connectivity index (χ0v) is 13.0. The van der Waals surface area contributed by atoms with E-state index in [1.54, 1.807) is 13.3 Å². The highest BCUT2D eigenvalue weighted by Crippen LogP contribution is 2.31. The van der Waals surface area contributed by atoms with Gasteiger partial charge >= 0.3 is 0 Å². The minimum atomic E-state index is -0.464. The fourth-order valence-electron chi connectivity index (χ4n) is 2.04. The first-order valence-electron chi connectivity index (χ1n) is 6.97. The third-order valence-corrected chi connectivity index (χ3v) is 3.28. The Labute approximate surface area is 126 Å². The summed E-state index contributed by atoms with van der Waals surface area (Å²) in [4.78, 5) is 0. The molecule has 0 unspecified atom stereocenters. The molecule has 0 fully saturated rings. The lowest BCUT2D eigenvalue weighted by Gasteiger charge is -2.19. The molecule has 0 saturated heterocycles. The second kappa shape index (κ2) is 6.00. The van der Waals surface area contributed by atoms with Gasteiger partial charge in [-0.3, -0.25) is 0 Å². The van der Waals surface area contributed by atoms with Crippen LogP contribution < -0.4 is 4.74 Å².